The van der Waals surface area contributed by atoms with Crippen LogP contribution in [0.4, 0.5) is 5.82 Å². The number of aromatic nitrogens is 3. The average Bonchev–Trinajstić information content (AvgIpc) is 3.31. The van der Waals surface area contributed by atoms with Gasteiger partial charge in [-0.2, -0.15) is 5.10 Å². The molecule has 3 heterocycles. The second-order valence-electron chi connectivity index (χ2n) is 7.88. The number of carbonyl (C=O) groups is 2. The van der Waals surface area contributed by atoms with E-state index in [1.54, 1.807) is 13.0 Å². The molecular weight excluding hydrogens is 432 g/mol. The van der Waals surface area contributed by atoms with Gasteiger partial charge in [-0.1, -0.05) is 24.3 Å². The maximum atomic E-state index is 12.3. The summed E-state index contributed by atoms with van der Waals surface area (Å²) in [5, 5.41) is 8.00. The molecule has 1 unspecified atom stereocenters. The zero-order valence-electron chi connectivity index (χ0n) is 17.7. The molecule has 1 atom stereocenters. The standard InChI is InChI=1S/C22H24N4O5S/c1-15-12-20(26(25-15)18-10-11-32(29,30)14-18)24-21(27)13-31-22(28)9-8-17-7-6-16-4-2-3-5-19(16)23-17/h2-7,12,18H,8-11,13-14H2,1H3,(H,24,27). The molecule has 1 aromatic carbocycles. The van der Waals surface area contributed by atoms with Crippen LogP contribution in [0.1, 0.15) is 30.3 Å². The van der Waals surface area contributed by atoms with Crippen molar-refractivity contribution >= 4 is 38.4 Å². The molecule has 0 spiro atoms. The molecule has 0 aliphatic carbocycles. The van der Waals surface area contributed by atoms with Gasteiger partial charge in [0.1, 0.15) is 5.82 Å². The van der Waals surface area contributed by atoms with Crippen molar-refractivity contribution < 1.29 is 22.7 Å². The van der Waals surface area contributed by atoms with Crippen molar-refractivity contribution in [2.45, 2.75) is 32.2 Å². The lowest BCUT2D eigenvalue weighted by molar-refractivity contribution is -0.147. The summed E-state index contributed by atoms with van der Waals surface area (Å²) >= 11 is 0. The van der Waals surface area contributed by atoms with Gasteiger partial charge in [0.05, 0.1) is 35.2 Å². The van der Waals surface area contributed by atoms with Gasteiger partial charge in [-0.15, -0.1) is 0 Å². The highest BCUT2D eigenvalue weighted by Gasteiger charge is 2.31. The minimum absolute atomic E-state index is 0.00517. The lowest BCUT2D eigenvalue weighted by atomic mass is 10.1. The van der Waals surface area contributed by atoms with Crippen LogP contribution in [-0.2, 0) is 30.6 Å². The lowest BCUT2D eigenvalue weighted by Crippen LogP contribution is -2.24. The van der Waals surface area contributed by atoms with Gasteiger partial charge in [0.25, 0.3) is 5.91 Å². The van der Waals surface area contributed by atoms with E-state index in [1.807, 2.05) is 36.4 Å². The van der Waals surface area contributed by atoms with Gasteiger partial charge < -0.3 is 10.1 Å². The number of sulfone groups is 1. The first-order valence-electron chi connectivity index (χ1n) is 10.4. The molecule has 2 aromatic heterocycles. The van der Waals surface area contributed by atoms with E-state index in [0.717, 1.165) is 16.6 Å². The molecule has 1 fully saturated rings. The topological polar surface area (TPSA) is 120 Å². The van der Waals surface area contributed by atoms with E-state index in [4.69, 9.17) is 4.74 Å². The number of nitrogens with one attached hydrogen (secondary N) is 1. The minimum Gasteiger partial charge on any atom is -0.456 e. The lowest BCUT2D eigenvalue weighted by Gasteiger charge is -2.13. The summed E-state index contributed by atoms with van der Waals surface area (Å²) < 4.78 is 30.2. The molecule has 1 aliphatic heterocycles. The number of rotatable bonds is 7. The predicted octanol–water partition coefficient (Wildman–Crippen LogP) is 2.21. The number of para-hydroxylation sites is 1. The molecular formula is C22H24N4O5S. The molecule has 1 N–H and O–H groups in total. The maximum Gasteiger partial charge on any atom is 0.306 e. The fourth-order valence-corrected chi connectivity index (χ4v) is 5.42. The number of hydrogen-bond donors (Lipinski definition) is 1. The highest BCUT2D eigenvalue weighted by atomic mass is 32.2. The number of hydrogen-bond acceptors (Lipinski definition) is 7. The molecule has 0 bridgehead atoms. The third-order valence-electron chi connectivity index (χ3n) is 5.29. The van der Waals surface area contributed by atoms with Crippen LogP contribution in [0, 0.1) is 6.92 Å². The van der Waals surface area contributed by atoms with E-state index < -0.39 is 28.3 Å². The Labute approximate surface area is 185 Å². The second-order valence-corrected chi connectivity index (χ2v) is 10.1. The summed E-state index contributed by atoms with van der Waals surface area (Å²) in [6, 6.07) is 12.9. The molecule has 0 radical (unpaired) electrons. The molecule has 1 saturated heterocycles. The molecule has 1 amide bonds. The maximum absolute atomic E-state index is 12.3. The Morgan fingerprint density at radius 2 is 2.03 bits per heavy atom. The summed E-state index contributed by atoms with van der Waals surface area (Å²) in [4.78, 5) is 28.9. The highest BCUT2D eigenvalue weighted by Crippen LogP contribution is 2.27. The summed E-state index contributed by atoms with van der Waals surface area (Å²) in [5.74, 6) is -0.514. The summed E-state index contributed by atoms with van der Waals surface area (Å²) in [6.45, 7) is 1.33. The van der Waals surface area contributed by atoms with E-state index in [2.05, 4.69) is 15.4 Å². The van der Waals surface area contributed by atoms with Crippen molar-refractivity contribution in [3.63, 3.8) is 0 Å². The largest absolute Gasteiger partial charge is 0.456 e. The Balaban J connectivity index is 1.28. The zero-order valence-corrected chi connectivity index (χ0v) is 18.5. The third kappa shape index (κ3) is 5.31. The van der Waals surface area contributed by atoms with Crippen molar-refractivity contribution in [1.29, 1.82) is 0 Å². The van der Waals surface area contributed by atoms with Gasteiger partial charge in [-0.05, 0) is 25.5 Å². The molecule has 10 heteroatoms. The number of anilines is 1. The quantitative estimate of drug-likeness (QED) is 0.541. The van der Waals surface area contributed by atoms with Crippen LogP contribution in [0.5, 0.6) is 0 Å². The van der Waals surface area contributed by atoms with Gasteiger partial charge in [0.15, 0.2) is 16.4 Å². The van der Waals surface area contributed by atoms with Crippen molar-refractivity contribution in [2.75, 3.05) is 23.4 Å². The van der Waals surface area contributed by atoms with E-state index in [1.165, 1.54) is 4.68 Å². The fourth-order valence-electron chi connectivity index (χ4n) is 3.73. The van der Waals surface area contributed by atoms with Crippen LogP contribution >= 0.6 is 0 Å². The Hall–Kier alpha value is -3.27. The van der Waals surface area contributed by atoms with Crippen molar-refractivity contribution in [3.05, 3.63) is 53.9 Å². The van der Waals surface area contributed by atoms with Gasteiger partial charge >= 0.3 is 5.97 Å². The molecule has 4 rings (SSSR count). The number of esters is 1. The molecule has 9 nitrogen and oxygen atoms in total. The van der Waals surface area contributed by atoms with Crippen molar-refractivity contribution in [2.24, 2.45) is 0 Å². The predicted molar refractivity (Wildman–Crippen MR) is 119 cm³/mol. The number of nitrogens with zero attached hydrogens (tertiary/aromatic N) is 3. The van der Waals surface area contributed by atoms with Crippen LogP contribution in [0.25, 0.3) is 10.9 Å². The number of fused-ring (bicyclic) bond motifs is 1. The summed E-state index contributed by atoms with van der Waals surface area (Å²) in [5.41, 5.74) is 2.29. The first-order valence-corrected chi connectivity index (χ1v) is 12.2. The van der Waals surface area contributed by atoms with Crippen LogP contribution in [0.2, 0.25) is 0 Å². The first-order chi connectivity index (χ1) is 15.3. The van der Waals surface area contributed by atoms with Crippen LogP contribution in [-0.4, -0.2) is 53.2 Å². The Kier molecular flexibility index (Phi) is 6.22. The van der Waals surface area contributed by atoms with Crippen molar-refractivity contribution in [1.82, 2.24) is 14.8 Å². The van der Waals surface area contributed by atoms with Crippen molar-refractivity contribution in [3.8, 4) is 0 Å². The average molecular weight is 457 g/mol. The van der Waals surface area contributed by atoms with E-state index in [-0.39, 0.29) is 24.0 Å². The monoisotopic (exact) mass is 456 g/mol. The number of aryl methyl sites for hydroxylation is 2. The van der Waals surface area contributed by atoms with Gasteiger partial charge in [-0.3, -0.25) is 14.6 Å². The van der Waals surface area contributed by atoms with Crippen LogP contribution in [0.3, 0.4) is 0 Å². The second kappa shape index (κ2) is 9.07. The SMILES string of the molecule is Cc1cc(NC(=O)COC(=O)CCc2ccc3ccccc3n2)n(C2CCS(=O)(=O)C2)n1. The fraction of sp³-hybridized carbons (Fsp3) is 0.364. The molecule has 3 aromatic rings. The third-order valence-corrected chi connectivity index (χ3v) is 7.04. The Morgan fingerprint density at radius 3 is 2.81 bits per heavy atom. The Bertz CT molecular complexity index is 1270. The Morgan fingerprint density at radius 1 is 1.22 bits per heavy atom. The zero-order chi connectivity index (χ0) is 22.7. The number of carbonyl (C=O) groups excluding carboxylic acids is 2. The molecule has 1 aliphatic rings. The summed E-state index contributed by atoms with van der Waals surface area (Å²) in [7, 11) is -3.09. The summed E-state index contributed by atoms with van der Waals surface area (Å²) in [6.07, 6.45) is 0.965. The normalized spacial score (nSPS) is 17.3. The number of pyridine rings is 1. The number of ether oxygens (including phenoxy) is 1. The van der Waals surface area contributed by atoms with Gasteiger partial charge in [0, 0.05) is 23.6 Å². The smallest absolute Gasteiger partial charge is 0.306 e. The first kappa shape index (κ1) is 21.9. The van der Waals surface area contributed by atoms with E-state index >= 15 is 0 Å². The molecule has 32 heavy (non-hydrogen) atoms. The van der Waals surface area contributed by atoms with Crippen LogP contribution < -0.4 is 5.32 Å². The number of amides is 1. The number of benzene rings is 1. The van der Waals surface area contributed by atoms with E-state index in [9.17, 15) is 18.0 Å². The van der Waals surface area contributed by atoms with Gasteiger partial charge in [0.2, 0.25) is 0 Å². The van der Waals surface area contributed by atoms with E-state index in [0.29, 0.717) is 24.4 Å². The molecule has 0 saturated carbocycles. The van der Waals surface area contributed by atoms with Crippen LogP contribution in [0.15, 0.2) is 42.5 Å². The minimum atomic E-state index is -3.09. The van der Waals surface area contributed by atoms with Gasteiger partial charge in [-0.25, -0.2) is 13.1 Å². The highest BCUT2D eigenvalue weighted by molar-refractivity contribution is 7.91. The molecule has 168 valence electrons.